The Kier molecular flexibility index (Phi) is 3.22. The Morgan fingerprint density at radius 3 is 2.42 bits per heavy atom. The average molecular weight is 257 g/mol. The molecule has 98 valence electrons. The molecular formula is C16H16FNO. The van der Waals surface area contributed by atoms with E-state index in [4.69, 9.17) is 10.5 Å². The van der Waals surface area contributed by atoms with Gasteiger partial charge in [-0.25, -0.2) is 4.39 Å². The largest absolute Gasteiger partial charge is 0.489 e. The molecule has 1 fully saturated rings. The first kappa shape index (κ1) is 12.2. The highest BCUT2D eigenvalue weighted by atomic mass is 19.1. The monoisotopic (exact) mass is 257 g/mol. The molecule has 0 aliphatic heterocycles. The van der Waals surface area contributed by atoms with E-state index >= 15 is 0 Å². The molecule has 0 heterocycles. The van der Waals surface area contributed by atoms with Crippen molar-refractivity contribution in [2.24, 2.45) is 5.73 Å². The number of rotatable bonds is 4. The molecule has 3 heteroatoms. The van der Waals surface area contributed by atoms with Crippen LogP contribution in [0.2, 0.25) is 0 Å². The van der Waals surface area contributed by atoms with Gasteiger partial charge in [-0.05, 0) is 30.2 Å². The van der Waals surface area contributed by atoms with Crippen molar-refractivity contribution >= 4 is 0 Å². The van der Waals surface area contributed by atoms with Crippen LogP contribution in [0.3, 0.4) is 0 Å². The van der Waals surface area contributed by atoms with E-state index in [2.05, 4.69) is 0 Å². The highest BCUT2D eigenvalue weighted by Gasteiger charge is 2.34. The molecule has 2 nitrogen and oxygen atoms in total. The summed E-state index contributed by atoms with van der Waals surface area (Å²) in [7, 11) is 0. The fourth-order valence-corrected chi connectivity index (χ4v) is 2.19. The molecule has 1 saturated carbocycles. The maximum Gasteiger partial charge on any atom is 0.129 e. The van der Waals surface area contributed by atoms with Gasteiger partial charge in [0, 0.05) is 17.5 Å². The molecule has 3 rings (SSSR count). The summed E-state index contributed by atoms with van der Waals surface area (Å²) in [6.07, 6.45) is 1.06. The van der Waals surface area contributed by atoms with Crippen LogP contribution >= 0.6 is 0 Å². The zero-order valence-electron chi connectivity index (χ0n) is 10.6. The first-order valence-corrected chi connectivity index (χ1v) is 6.46. The zero-order chi connectivity index (χ0) is 13.2. The quantitative estimate of drug-likeness (QED) is 0.912. The SMILES string of the molecule is N[C@H]1C[C@@H]1c1ccc(OCc2ccccc2F)cc1. The normalized spacial score (nSPS) is 21.2. The smallest absolute Gasteiger partial charge is 0.129 e. The lowest BCUT2D eigenvalue weighted by molar-refractivity contribution is 0.300. The van der Waals surface area contributed by atoms with E-state index in [9.17, 15) is 4.39 Å². The van der Waals surface area contributed by atoms with Gasteiger partial charge in [-0.1, -0.05) is 30.3 Å². The first-order valence-electron chi connectivity index (χ1n) is 6.46. The predicted octanol–water partition coefficient (Wildman–Crippen LogP) is 3.22. The third-order valence-corrected chi connectivity index (χ3v) is 3.50. The Hall–Kier alpha value is -1.87. The van der Waals surface area contributed by atoms with Crippen LogP contribution in [0.4, 0.5) is 4.39 Å². The van der Waals surface area contributed by atoms with Crippen molar-refractivity contribution in [2.75, 3.05) is 0 Å². The molecule has 2 N–H and O–H groups in total. The van der Waals surface area contributed by atoms with Crippen molar-refractivity contribution in [3.63, 3.8) is 0 Å². The van der Waals surface area contributed by atoms with Crippen molar-refractivity contribution in [2.45, 2.75) is 25.0 Å². The molecule has 0 bridgehead atoms. The second-order valence-corrected chi connectivity index (χ2v) is 4.96. The number of halogens is 1. The summed E-state index contributed by atoms with van der Waals surface area (Å²) in [5.74, 6) is 1.02. The standard InChI is InChI=1S/C16H16FNO/c17-15-4-2-1-3-12(15)10-19-13-7-5-11(6-8-13)14-9-16(14)18/h1-8,14,16H,9-10,18H2/t14-,16+/m1/s1. The van der Waals surface area contributed by atoms with E-state index < -0.39 is 0 Å². The minimum Gasteiger partial charge on any atom is -0.489 e. The third kappa shape index (κ3) is 2.76. The van der Waals surface area contributed by atoms with Crippen molar-refractivity contribution < 1.29 is 9.13 Å². The molecular weight excluding hydrogens is 241 g/mol. The summed E-state index contributed by atoms with van der Waals surface area (Å²) >= 11 is 0. The molecule has 0 amide bonds. The molecule has 0 spiro atoms. The molecule has 0 unspecified atom stereocenters. The zero-order valence-corrected chi connectivity index (χ0v) is 10.6. The second-order valence-electron chi connectivity index (χ2n) is 4.96. The van der Waals surface area contributed by atoms with Gasteiger partial charge in [-0.15, -0.1) is 0 Å². The molecule has 0 aromatic heterocycles. The van der Waals surface area contributed by atoms with Crippen LogP contribution in [0, 0.1) is 5.82 Å². The number of hydrogen-bond donors (Lipinski definition) is 1. The lowest BCUT2D eigenvalue weighted by atomic mass is 10.1. The van der Waals surface area contributed by atoms with E-state index in [0.717, 1.165) is 12.2 Å². The number of nitrogens with two attached hydrogens (primary N) is 1. The van der Waals surface area contributed by atoms with Gasteiger partial charge in [0.2, 0.25) is 0 Å². The molecule has 2 atom stereocenters. The van der Waals surface area contributed by atoms with Gasteiger partial charge in [0.15, 0.2) is 0 Å². The highest BCUT2D eigenvalue weighted by molar-refractivity contribution is 5.33. The summed E-state index contributed by atoms with van der Waals surface area (Å²) in [6, 6.07) is 14.9. The van der Waals surface area contributed by atoms with E-state index in [-0.39, 0.29) is 12.4 Å². The fraction of sp³-hybridized carbons (Fsp3) is 0.250. The Bertz CT molecular complexity index is 567. The molecule has 1 aliphatic rings. The molecule has 0 radical (unpaired) electrons. The van der Waals surface area contributed by atoms with Crippen LogP contribution in [0.1, 0.15) is 23.5 Å². The van der Waals surface area contributed by atoms with Crippen LogP contribution < -0.4 is 10.5 Å². The first-order chi connectivity index (χ1) is 9.24. The molecule has 2 aromatic carbocycles. The van der Waals surface area contributed by atoms with E-state index in [1.165, 1.54) is 11.6 Å². The molecule has 2 aromatic rings. The van der Waals surface area contributed by atoms with Crippen LogP contribution in [-0.2, 0) is 6.61 Å². The Morgan fingerprint density at radius 2 is 1.79 bits per heavy atom. The maximum absolute atomic E-state index is 13.4. The summed E-state index contributed by atoms with van der Waals surface area (Å²) in [5.41, 5.74) is 7.64. The van der Waals surface area contributed by atoms with E-state index in [1.54, 1.807) is 18.2 Å². The minimum absolute atomic E-state index is 0.233. The van der Waals surface area contributed by atoms with Crippen molar-refractivity contribution in [1.82, 2.24) is 0 Å². The minimum atomic E-state index is -0.233. The van der Waals surface area contributed by atoms with Gasteiger partial charge in [0.25, 0.3) is 0 Å². The lowest BCUT2D eigenvalue weighted by Gasteiger charge is -2.08. The Balaban J connectivity index is 1.63. The van der Waals surface area contributed by atoms with Crippen LogP contribution in [0.25, 0.3) is 0 Å². The van der Waals surface area contributed by atoms with Gasteiger partial charge in [-0.2, -0.15) is 0 Å². The van der Waals surface area contributed by atoms with Gasteiger partial charge in [0.1, 0.15) is 18.2 Å². The average Bonchev–Trinajstić information content (AvgIpc) is 3.16. The summed E-state index contributed by atoms with van der Waals surface area (Å²) in [5, 5.41) is 0. The van der Waals surface area contributed by atoms with Crippen LogP contribution in [0.5, 0.6) is 5.75 Å². The molecule has 19 heavy (non-hydrogen) atoms. The highest BCUT2D eigenvalue weighted by Crippen LogP contribution is 2.39. The van der Waals surface area contributed by atoms with Crippen LogP contribution in [0.15, 0.2) is 48.5 Å². The van der Waals surface area contributed by atoms with Gasteiger partial charge < -0.3 is 10.5 Å². The summed E-state index contributed by atoms with van der Waals surface area (Å²) in [6.45, 7) is 0.245. The number of benzene rings is 2. The lowest BCUT2D eigenvalue weighted by Crippen LogP contribution is -2.01. The van der Waals surface area contributed by atoms with Gasteiger partial charge >= 0.3 is 0 Å². The van der Waals surface area contributed by atoms with E-state index in [1.807, 2.05) is 24.3 Å². The van der Waals surface area contributed by atoms with Gasteiger partial charge in [0.05, 0.1) is 0 Å². The Morgan fingerprint density at radius 1 is 1.11 bits per heavy atom. The van der Waals surface area contributed by atoms with Crippen molar-refractivity contribution in [1.29, 1.82) is 0 Å². The van der Waals surface area contributed by atoms with Gasteiger partial charge in [-0.3, -0.25) is 0 Å². The molecule has 0 saturated heterocycles. The number of hydrogen-bond acceptors (Lipinski definition) is 2. The van der Waals surface area contributed by atoms with E-state index in [0.29, 0.717) is 17.5 Å². The van der Waals surface area contributed by atoms with Crippen molar-refractivity contribution in [3.05, 3.63) is 65.5 Å². The number of ether oxygens (including phenoxy) is 1. The predicted molar refractivity (Wildman–Crippen MR) is 72.5 cm³/mol. The third-order valence-electron chi connectivity index (χ3n) is 3.50. The fourth-order valence-electron chi connectivity index (χ4n) is 2.19. The summed E-state index contributed by atoms with van der Waals surface area (Å²) < 4.78 is 19.0. The Labute approximate surface area is 112 Å². The maximum atomic E-state index is 13.4. The van der Waals surface area contributed by atoms with Crippen molar-refractivity contribution in [3.8, 4) is 5.75 Å². The second kappa shape index (κ2) is 5.02. The topological polar surface area (TPSA) is 35.2 Å². The molecule has 1 aliphatic carbocycles. The summed E-state index contributed by atoms with van der Waals surface area (Å²) in [4.78, 5) is 0. The van der Waals surface area contributed by atoms with Crippen LogP contribution in [-0.4, -0.2) is 6.04 Å².